The Bertz CT molecular complexity index is 124. The van der Waals surface area contributed by atoms with Crippen LogP contribution in [-0.4, -0.2) is 18.0 Å². The van der Waals surface area contributed by atoms with Gasteiger partial charge in [0.25, 0.3) is 0 Å². The summed E-state index contributed by atoms with van der Waals surface area (Å²) in [6.07, 6.45) is 1.98. The molecule has 3 N–H and O–H groups in total. The Hall–Kier alpha value is -0.570. The van der Waals surface area contributed by atoms with Gasteiger partial charge in [-0.25, -0.2) is 0 Å². The maximum Gasteiger partial charge on any atom is 0.244 e. The number of hydrogen-bond acceptors (Lipinski definition) is 2. The second-order valence-corrected chi connectivity index (χ2v) is 2.44. The Morgan fingerprint density at radius 2 is 2.44 bits per heavy atom. The van der Waals surface area contributed by atoms with Crippen LogP contribution in [0.5, 0.6) is 0 Å². The highest BCUT2D eigenvalue weighted by Crippen LogP contribution is 2.08. The molecule has 1 amide bonds. The average molecular weight is 128 g/mol. The fourth-order valence-corrected chi connectivity index (χ4v) is 0.913. The van der Waals surface area contributed by atoms with Gasteiger partial charge in [0.05, 0.1) is 0 Å². The molecule has 1 heterocycles. The summed E-state index contributed by atoms with van der Waals surface area (Å²) in [5.74, 6) is 0.107. The summed E-state index contributed by atoms with van der Waals surface area (Å²) >= 11 is 0. The molecule has 1 fully saturated rings. The Kier molecular flexibility index (Phi) is 1.71. The standard InChI is InChI=1S/C6H12N2O/c1-2-3-4(7)5-6(9)8-5/h4-5H,2-3,7H2,1H3,(H,8,9)/t4-,5?/m0/s1. The lowest BCUT2D eigenvalue weighted by atomic mass is 10.1. The lowest BCUT2D eigenvalue weighted by Gasteiger charge is -2.02. The van der Waals surface area contributed by atoms with E-state index in [0.717, 1.165) is 12.8 Å². The van der Waals surface area contributed by atoms with Crippen LogP contribution >= 0.6 is 0 Å². The first kappa shape index (κ1) is 6.55. The topological polar surface area (TPSA) is 65.0 Å². The fourth-order valence-electron chi connectivity index (χ4n) is 0.913. The molecule has 3 heteroatoms. The highest BCUT2D eigenvalue weighted by molar-refractivity contribution is 5.97. The zero-order valence-electron chi connectivity index (χ0n) is 5.55. The van der Waals surface area contributed by atoms with Gasteiger partial charge >= 0.3 is 0 Å². The van der Waals surface area contributed by atoms with Crippen molar-refractivity contribution in [2.75, 3.05) is 0 Å². The van der Waals surface area contributed by atoms with E-state index in [-0.39, 0.29) is 18.0 Å². The lowest BCUT2D eigenvalue weighted by Crippen LogP contribution is -2.28. The predicted octanol–water partition coefficient (Wildman–Crippen LogP) is -0.388. The number of hydrogen-bond donors (Lipinski definition) is 2. The van der Waals surface area contributed by atoms with Crippen LogP contribution in [0.15, 0.2) is 0 Å². The largest absolute Gasteiger partial charge is 0.341 e. The summed E-state index contributed by atoms with van der Waals surface area (Å²) in [7, 11) is 0. The average Bonchev–Trinajstić information content (AvgIpc) is 2.47. The van der Waals surface area contributed by atoms with Crippen molar-refractivity contribution in [1.82, 2.24) is 5.32 Å². The van der Waals surface area contributed by atoms with Gasteiger partial charge in [0, 0.05) is 6.04 Å². The highest BCUT2D eigenvalue weighted by Gasteiger charge is 2.38. The first-order chi connectivity index (χ1) is 4.25. The summed E-state index contributed by atoms with van der Waals surface area (Å²) in [4.78, 5) is 10.4. The first-order valence-corrected chi connectivity index (χ1v) is 3.31. The minimum atomic E-state index is -0.0232. The normalized spacial score (nSPS) is 27.3. The maximum atomic E-state index is 10.4. The molecule has 0 saturated carbocycles. The van der Waals surface area contributed by atoms with Gasteiger partial charge in [0.2, 0.25) is 5.91 Å². The van der Waals surface area contributed by atoms with Crippen molar-refractivity contribution in [2.24, 2.45) is 5.73 Å². The van der Waals surface area contributed by atoms with E-state index in [0.29, 0.717) is 0 Å². The van der Waals surface area contributed by atoms with E-state index in [1.54, 1.807) is 0 Å². The van der Waals surface area contributed by atoms with Crippen LogP contribution in [0.25, 0.3) is 0 Å². The molecule has 1 rings (SSSR count). The van der Waals surface area contributed by atoms with Crippen LogP contribution in [0, 0.1) is 0 Å². The van der Waals surface area contributed by atoms with Gasteiger partial charge < -0.3 is 11.1 Å². The van der Waals surface area contributed by atoms with Crippen LogP contribution in [-0.2, 0) is 4.79 Å². The number of carbonyl (C=O) groups excluding carboxylic acids is 1. The van der Waals surface area contributed by atoms with E-state index in [1.165, 1.54) is 0 Å². The van der Waals surface area contributed by atoms with Crippen LogP contribution in [0.2, 0.25) is 0 Å². The molecule has 1 saturated heterocycles. The van der Waals surface area contributed by atoms with Crippen molar-refractivity contribution in [1.29, 1.82) is 0 Å². The van der Waals surface area contributed by atoms with Crippen molar-refractivity contribution >= 4 is 5.91 Å². The second kappa shape index (κ2) is 2.35. The number of carbonyl (C=O) groups is 1. The Morgan fingerprint density at radius 1 is 1.89 bits per heavy atom. The third-order valence-electron chi connectivity index (χ3n) is 1.55. The summed E-state index contributed by atoms with van der Waals surface area (Å²) in [6, 6.07) is 0.0208. The zero-order valence-corrected chi connectivity index (χ0v) is 5.55. The van der Waals surface area contributed by atoms with Crippen LogP contribution in [0.1, 0.15) is 19.8 Å². The van der Waals surface area contributed by atoms with E-state index in [4.69, 9.17) is 5.73 Å². The Morgan fingerprint density at radius 3 is 2.78 bits per heavy atom. The molecule has 9 heavy (non-hydrogen) atoms. The van der Waals surface area contributed by atoms with Crippen molar-refractivity contribution in [3.8, 4) is 0 Å². The van der Waals surface area contributed by atoms with Gasteiger partial charge in [0.15, 0.2) is 0 Å². The lowest BCUT2D eigenvalue weighted by molar-refractivity contribution is -0.111. The van der Waals surface area contributed by atoms with Crippen LogP contribution in [0.3, 0.4) is 0 Å². The second-order valence-electron chi connectivity index (χ2n) is 2.44. The van der Waals surface area contributed by atoms with Gasteiger partial charge in [-0.05, 0) is 6.42 Å². The molecule has 1 aliphatic heterocycles. The van der Waals surface area contributed by atoms with E-state index in [9.17, 15) is 4.79 Å². The quantitative estimate of drug-likeness (QED) is 0.508. The molecule has 0 bridgehead atoms. The SMILES string of the molecule is CCC[C@H](N)C1NC1=O. The third kappa shape index (κ3) is 1.42. The molecule has 0 radical (unpaired) electrons. The number of rotatable bonds is 3. The van der Waals surface area contributed by atoms with E-state index in [2.05, 4.69) is 12.2 Å². The van der Waals surface area contributed by atoms with E-state index >= 15 is 0 Å². The van der Waals surface area contributed by atoms with E-state index < -0.39 is 0 Å². The molecule has 3 nitrogen and oxygen atoms in total. The molecule has 2 atom stereocenters. The van der Waals surface area contributed by atoms with Crippen molar-refractivity contribution < 1.29 is 4.79 Å². The van der Waals surface area contributed by atoms with Gasteiger partial charge in [-0.2, -0.15) is 0 Å². The zero-order chi connectivity index (χ0) is 6.85. The van der Waals surface area contributed by atoms with Crippen LogP contribution in [0.4, 0.5) is 0 Å². The van der Waals surface area contributed by atoms with Gasteiger partial charge in [0.1, 0.15) is 6.04 Å². The fraction of sp³-hybridized carbons (Fsp3) is 0.833. The van der Waals surface area contributed by atoms with Gasteiger partial charge in [-0.3, -0.25) is 4.79 Å². The number of nitrogens with one attached hydrogen (secondary N) is 1. The molecular weight excluding hydrogens is 116 g/mol. The van der Waals surface area contributed by atoms with E-state index in [1.807, 2.05) is 0 Å². The molecule has 1 aliphatic rings. The van der Waals surface area contributed by atoms with Crippen molar-refractivity contribution in [3.05, 3.63) is 0 Å². The molecule has 0 aromatic heterocycles. The van der Waals surface area contributed by atoms with Crippen molar-refractivity contribution in [3.63, 3.8) is 0 Å². The highest BCUT2D eigenvalue weighted by atomic mass is 16.2. The van der Waals surface area contributed by atoms with Gasteiger partial charge in [-0.15, -0.1) is 0 Å². The minimum absolute atomic E-state index is 0.0232. The summed E-state index contributed by atoms with van der Waals surface area (Å²) in [5.41, 5.74) is 5.60. The monoisotopic (exact) mass is 128 g/mol. The summed E-state index contributed by atoms with van der Waals surface area (Å²) in [5, 5.41) is 2.65. The Labute approximate surface area is 54.6 Å². The number of amides is 1. The molecule has 0 aromatic carbocycles. The molecule has 0 aromatic rings. The predicted molar refractivity (Wildman–Crippen MR) is 34.8 cm³/mol. The minimum Gasteiger partial charge on any atom is -0.341 e. The molecular formula is C6H12N2O. The third-order valence-corrected chi connectivity index (χ3v) is 1.55. The number of nitrogens with two attached hydrogens (primary N) is 1. The first-order valence-electron chi connectivity index (χ1n) is 3.31. The van der Waals surface area contributed by atoms with Crippen LogP contribution < -0.4 is 11.1 Å². The molecule has 0 aliphatic carbocycles. The maximum absolute atomic E-state index is 10.4. The molecule has 52 valence electrons. The summed E-state index contributed by atoms with van der Waals surface area (Å²) in [6.45, 7) is 2.06. The molecule has 0 spiro atoms. The van der Waals surface area contributed by atoms with Crippen molar-refractivity contribution in [2.45, 2.75) is 31.8 Å². The summed E-state index contributed by atoms with van der Waals surface area (Å²) < 4.78 is 0. The molecule has 1 unspecified atom stereocenters. The Balaban J connectivity index is 2.19. The van der Waals surface area contributed by atoms with Gasteiger partial charge in [-0.1, -0.05) is 13.3 Å². The smallest absolute Gasteiger partial charge is 0.244 e.